The summed E-state index contributed by atoms with van der Waals surface area (Å²) in [6.07, 6.45) is 7.50. The Kier molecular flexibility index (Phi) is 10.1. The summed E-state index contributed by atoms with van der Waals surface area (Å²) >= 11 is 0. The van der Waals surface area contributed by atoms with Crippen LogP contribution in [0.4, 0.5) is 13.6 Å². The summed E-state index contributed by atoms with van der Waals surface area (Å²) in [5, 5.41) is 0. The number of nitrogens with zero attached hydrogens (tertiary/aromatic N) is 3. The predicted octanol–water partition coefficient (Wildman–Crippen LogP) is 5.47. The third-order valence-corrected chi connectivity index (χ3v) is 10.4. The van der Waals surface area contributed by atoms with Gasteiger partial charge in [-0.15, -0.1) is 0 Å². The van der Waals surface area contributed by atoms with Gasteiger partial charge in [-0.1, -0.05) is 0 Å². The first kappa shape index (κ1) is 31.2. The van der Waals surface area contributed by atoms with Crippen LogP contribution in [-0.2, 0) is 14.8 Å². The Morgan fingerprint density at radius 3 is 1.93 bits per heavy atom. The number of hydrogen-bond acceptors (Lipinski definition) is 5. The summed E-state index contributed by atoms with van der Waals surface area (Å²) in [5.74, 6) is 0.335. The topological polar surface area (TPSA) is 70.2 Å². The predicted molar refractivity (Wildman–Crippen MR) is 153 cm³/mol. The molecule has 1 aromatic carbocycles. The summed E-state index contributed by atoms with van der Waals surface area (Å²) in [6.45, 7) is 11.0. The molecule has 7 nitrogen and oxygen atoms in total. The number of likely N-dealkylation sites (tertiary alicyclic amines) is 2. The fraction of sp³-hybridized carbons (Fsp3) is 0.767. The van der Waals surface area contributed by atoms with Gasteiger partial charge < -0.3 is 14.5 Å². The molecule has 1 atom stereocenters. The fourth-order valence-electron chi connectivity index (χ4n) is 6.92. The molecule has 226 valence electrons. The normalized spacial score (nSPS) is 22.4. The SMILES string of the molecule is CC(C)(C)OC(=O)N1CCC(C2CCN(CCC(c3cc(F)cc(F)c3)C3CCN(S(C)(=O)=O)CC3)CC2)CC1. The molecule has 3 fully saturated rings. The molecule has 0 radical (unpaired) electrons. The van der Waals surface area contributed by atoms with Gasteiger partial charge in [-0.3, -0.25) is 0 Å². The molecule has 0 aliphatic carbocycles. The largest absolute Gasteiger partial charge is 0.444 e. The van der Waals surface area contributed by atoms with E-state index in [9.17, 15) is 22.0 Å². The van der Waals surface area contributed by atoms with Crippen molar-refractivity contribution in [1.29, 1.82) is 0 Å². The fourth-order valence-corrected chi connectivity index (χ4v) is 7.80. The molecule has 1 aromatic rings. The first-order chi connectivity index (χ1) is 18.8. The second-order valence-corrected chi connectivity index (χ2v) is 15.1. The molecule has 0 aromatic heterocycles. The maximum absolute atomic E-state index is 14.2. The quantitative estimate of drug-likeness (QED) is 0.426. The van der Waals surface area contributed by atoms with Crippen LogP contribution in [0.25, 0.3) is 0 Å². The zero-order valence-corrected chi connectivity index (χ0v) is 25.4. The van der Waals surface area contributed by atoms with E-state index < -0.39 is 27.3 Å². The number of rotatable bonds is 7. The van der Waals surface area contributed by atoms with Crippen LogP contribution in [-0.4, -0.2) is 86.3 Å². The van der Waals surface area contributed by atoms with Crippen LogP contribution >= 0.6 is 0 Å². The standard InChI is InChI=1S/C30H47F2N3O4S/c1-30(2,3)39-29(36)34-15-7-23(8-16-34)22-5-12-33(13-6-22)14-11-28(25-19-26(31)21-27(32)20-25)24-9-17-35(18-10-24)40(4,37)38/h19-24,28H,5-18H2,1-4H3. The van der Waals surface area contributed by atoms with Gasteiger partial charge in [0.1, 0.15) is 17.2 Å². The minimum atomic E-state index is -3.23. The number of ether oxygens (including phenoxy) is 1. The monoisotopic (exact) mass is 583 g/mol. The number of piperidine rings is 3. The Hall–Kier alpha value is -1.78. The van der Waals surface area contributed by atoms with Crippen molar-refractivity contribution in [3.63, 3.8) is 0 Å². The highest BCUT2D eigenvalue weighted by Crippen LogP contribution is 2.38. The average Bonchev–Trinajstić information content (AvgIpc) is 2.87. The van der Waals surface area contributed by atoms with Crippen molar-refractivity contribution in [1.82, 2.24) is 14.1 Å². The van der Waals surface area contributed by atoms with Crippen molar-refractivity contribution in [2.24, 2.45) is 17.8 Å². The summed E-state index contributed by atoms with van der Waals surface area (Å²) in [7, 11) is -3.23. The number of carbonyl (C=O) groups excluding carboxylic acids is 1. The Bertz CT molecular complexity index is 1080. The van der Waals surface area contributed by atoms with E-state index >= 15 is 0 Å². The first-order valence-electron chi connectivity index (χ1n) is 14.9. The van der Waals surface area contributed by atoms with Gasteiger partial charge in [-0.25, -0.2) is 26.3 Å². The third kappa shape index (κ3) is 8.61. The van der Waals surface area contributed by atoms with Gasteiger partial charge in [-0.2, -0.15) is 0 Å². The Balaban J connectivity index is 1.29. The van der Waals surface area contributed by atoms with Gasteiger partial charge in [0, 0.05) is 32.2 Å². The molecule has 3 aliphatic heterocycles. The van der Waals surface area contributed by atoms with E-state index in [1.54, 1.807) is 0 Å². The molecule has 1 amide bonds. The maximum Gasteiger partial charge on any atom is 0.410 e. The highest BCUT2D eigenvalue weighted by atomic mass is 32.2. The Morgan fingerprint density at radius 1 is 0.900 bits per heavy atom. The number of amides is 1. The van der Waals surface area contributed by atoms with E-state index in [0.717, 1.165) is 70.9 Å². The maximum atomic E-state index is 14.2. The second kappa shape index (κ2) is 13.0. The zero-order valence-electron chi connectivity index (χ0n) is 24.6. The van der Waals surface area contributed by atoms with Gasteiger partial charge in [0.05, 0.1) is 6.26 Å². The Labute approximate surface area is 239 Å². The average molecular weight is 584 g/mol. The molecule has 0 N–H and O–H groups in total. The molecule has 3 heterocycles. The minimum absolute atomic E-state index is 0.0122. The lowest BCUT2D eigenvalue weighted by molar-refractivity contribution is 0.0135. The van der Waals surface area contributed by atoms with Crippen LogP contribution in [0.5, 0.6) is 0 Å². The minimum Gasteiger partial charge on any atom is -0.444 e. The highest BCUT2D eigenvalue weighted by Gasteiger charge is 2.34. The van der Waals surface area contributed by atoms with E-state index in [-0.39, 0.29) is 17.9 Å². The van der Waals surface area contributed by atoms with Crippen molar-refractivity contribution >= 4 is 16.1 Å². The van der Waals surface area contributed by atoms with Crippen LogP contribution in [0.2, 0.25) is 0 Å². The second-order valence-electron chi connectivity index (χ2n) is 13.1. The molecule has 1 unspecified atom stereocenters. The van der Waals surface area contributed by atoms with Gasteiger partial charge >= 0.3 is 6.09 Å². The molecule has 0 spiro atoms. The lowest BCUT2D eigenvalue weighted by Crippen LogP contribution is -2.44. The van der Waals surface area contributed by atoms with E-state index in [1.165, 1.54) is 22.7 Å². The van der Waals surface area contributed by atoms with Crippen LogP contribution in [0, 0.1) is 29.4 Å². The van der Waals surface area contributed by atoms with Crippen LogP contribution < -0.4 is 0 Å². The lowest BCUT2D eigenvalue weighted by Gasteiger charge is -2.41. The molecule has 3 aliphatic rings. The molecule has 10 heteroatoms. The van der Waals surface area contributed by atoms with Gasteiger partial charge in [0.25, 0.3) is 0 Å². The summed E-state index contributed by atoms with van der Waals surface area (Å²) in [4.78, 5) is 16.7. The number of hydrogen-bond donors (Lipinski definition) is 0. The summed E-state index contributed by atoms with van der Waals surface area (Å²) < 4.78 is 59.3. The third-order valence-electron chi connectivity index (χ3n) is 9.10. The van der Waals surface area contributed by atoms with Crippen molar-refractivity contribution < 1.29 is 26.7 Å². The number of halogens is 2. The van der Waals surface area contributed by atoms with E-state index in [2.05, 4.69) is 4.90 Å². The molecule has 3 saturated heterocycles. The van der Waals surface area contributed by atoms with E-state index in [4.69, 9.17) is 4.74 Å². The van der Waals surface area contributed by atoms with Crippen LogP contribution in [0.3, 0.4) is 0 Å². The number of sulfonamides is 1. The van der Waals surface area contributed by atoms with Gasteiger partial charge in [0.2, 0.25) is 10.0 Å². The van der Waals surface area contributed by atoms with Crippen molar-refractivity contribution in [2.75, 3.05) is 52.1 Å². The molecular formula is C30H47F2N3O4S. The number of carbonyl (C=O) groups is 1. The summed E-state index contributed by atoms with van der Waals surface area (Å²) in [6, 6.07) is 3.81. The van der Waals surface area contributed by atoms with E-state index in [0.29, 0.717) is 43.3 Å². The molecular weight excluding hydrogens is 536 g/mol. The van der Waals surface area contributed by atoms with Crippen LogP contribution in [0.15, 0.2) is 18.2 Å². The first-order valence-corrected chi connectivity index (χ1v) is 16.7. The highest BCUT2D eigenvalue weighted by molar-refractivity contribution is 7.88. The van der Waals surface area contributed by atoms with Crippen LogP contribution in [0.1, 0.15) is 77.2 Å². The van der Waals surface area contributed by atoms with E-state index in [1.807, 2.05) is 25.7 Å². The molecule has 4 rings (SSSR count). The van der Waals surface area contributed by atoms with Crippen molar-refractivity contribution in [3.8, 4) is 0 Å². The van der Waals surface area contributed by atoms with Gasteiger partial charge in [0.15, 0.2) is 0 Å². The molecule has 0 bridgehead atoms. The molecule has 0 saturated carbocycles. The van der Waals surface area contributed by atoms with Crippen molar-refractivity contribution in [3.05, 3.63) is 35.4 Å². The lowest BCUT2D eigenvalue weighted by atomic mass is 9.77. The Morgan fingerprint density at radius 2 is 1.43 bits per heavy atom. The number of benzene rings is 1. The molecule has 40 heavy (non-hydrogen) atoms. The zero-order chi connectivity index (χ0) is 29.1. The summed E-state index contributed by atoms with van der Waals surface area (Å²) in [5.41, 5.74) is 0.206. The smallest absolute Gasteiger partial charge is 0.410 e. The van der Waals surface area contributed by atoms with Crippen molar-refractivity contribution in [2.45, 2.75) is 77.2 Å². The van der Waals surface area contributed by atoms with Gasteiger partial charge in [-0.05, 0) is 127 Å².